The van der Waals surface area contributed by atoms with Gasteiger partial charge in [0, 0.05) is 10.7 Å². The van der Waals surface area contributed by atoms with Crippen LogP contribution < -0.4 is 10.9 Å². The quantitative estimate of drug-likeness (QED) is 0.471. The molecule has 2 heterocycles. The topological polar surface area (TPSA) is 87.2 Å². The molecular formula is C23H21ClN4O3. The van der Waals surface area contributed by atoms with Gasteiger partial charge in [0.15, 0.2) is 0 Å². The van der Waals surface area contributed by atoms with Crippen molar-refractivity contribution in [1.82, 2.24) is 20.0 Å². The van der Waals surface area contributed by atoms with E-state index in [1.54, 1.807) is 24.3 Å². The van der Waals surface area contributed by atoms with Gasteiger partial charge in [-0.1, -0.05) is 54.4 Å². The first-order valence-electron chi connectivity index (χ1n) is 9.87. The molecule has 1 aliphatic rings. The summed E-state index contributed by atoms with van der Waals surface area (Å²) in [6.45, 7) is 4.00. The minimum absolute atomic E-state index is 0.0710. The molecule has 0 saturated carbocycles. The van der Waals surface area contributed by atoms with Crippen LogP contribution in [0.3, 0.4) is 0 Å². The second kappa shape index (κ2) is 8.28. The predicted molar refractivity (Wildman–Crippen MR) is 119 cm³/mol. The van der Waals surface area contributed by atoms with Crippen molar-refractivity contribution in [2.45, 2.75) is 26.8 Å². The molecule has 3 amide bonds. The van der Waals surface area contributed by atoms with Crippen molar-refractivity contribution in [3.8, 4) is 5.69 Å². The number of urea groups is 1. The Balaban J connectivity index is 1.68. The number of aromatic nitrogens is 2. The third-order valence-corrected chi connectivity index (χ3v) is 5.33. The highest BCUT2D eigenvalue weighted by Crippen LogP contribution is 2.19. The Kier molecular flexibility index (Phi) is 5.52. The van der Waals surface area contributed by atoms with Crippen LogP contribution in [-0.2, 0) is 17.8 Å². The zero-order valence-corrected chi connectivity index (χ0v) is 17.9. The summed E-state index contributed by atoms with van der Waals surface area (Å²) in [5, 5.41) is 6.15. The van der Waals surface area contributed by atoms with Crippen LogP contribution in [0.4, 0.5) is 4.79 Å². The number of carbonyl (C=O) groups is 2. The molecule has 8 heteroatoms. The number of carbonyl (C=O) groups excluding carboxylic acids is 2. The number of aryl methyl sites for hydroxylation is 2. The summed E-state index contributed by atoms with van der Waals surface area (Å²) in [6, 6.07) is 14.0. The molecule has 0 bridgehead atoms. The highest BCUT2D eigenvalue weighted by molar-refractivity contribution is 6.30. The van der Waals surface area contributed by atoms with Crippen LogP contribution in [-0.4, -0.2) is 26.6 Å². The maximum atomic E-state index is 13.1. The summed E-state index contributed by atoms with van der Waals surface area (Å²) in [4.78, 5) is 39.5. The van der Waals surface area contributed by atoms with Crippen LogP contribution in [0.1, 0.15) is 29.3 Å². The van der Waals surface area contributed by atoms with Gasteiger partial charge in [-0.25, -0.2) is 9.48 Å². The molecule has 1 saturated heterocycles. The fourth-order valence-electron chi connectivity index (χ4n) is 3.56. The molecule has 1 aliphatic heterocycles. The number of imide groups is 1. The number of halogens is 1. The summed E-state index contributed by atoms with van der Waals surface area (Å²) in [6.07, 6.45) is 1.98. The number of rotatable bonds is 5. The Morgan fingerprint density at radius 3 is 2.55 bits per heavy atom. The normalized spacial score (nSPS) is 15.1. The molecule has 1 fully saturated rings. The van der Waals surface area contributed by atoms with E-state index in [9.17, 15) is 14.4 Å². The van der Waals surface area contributed by atoms with Gasteiger partial charge in [-0.05, 0) is 43.2 Å². The smallest absolute Gasteiger partial charge is 0.303 e. The fourth-order valence-corrected chi connectivity index (χ4v) is 3.75. The zero-order valence-electron chi connectivity index (χ0n) is 17.1. The summed E-state index contributed by atoms with van der Waals surface area (Å²) in [5.74, 6) is -0.469. The molecular weight excluding hydrogens is 416 g/mol. The summed E-state index contributed by atoms with van der Waals surface area (Å²) in [7, 11) is 0. The lowest BCUT2D eigenvalue weighted by atomic mass is 10.1. The van der Waals surface area contributed by atoms with E-state index in [-0.39, 0.29) is 17.8 Å². The standard InChI is InChI=1S/C23H21ClN4O3/c1-3-19-18(21(29)28(26-19)17-9-5-8-16(24)11-17)12-20-22(30)27(23(31)25-20)13-15-7-4-6-14(2)10-15/h4-12,26H,3,13H2,1-2H3,(H,25,31). The number of aromatic amines is 1. The maximum absolute atomic E-state index is 13.1. The number of H-pyrrole nitrogens is 1. The minimum atomic E-state index is -0.512. The van der Waals surface area contributed by atoms with Gasteiger partial charge in [0.2, 0.25) is 0 Å². The van der Waals surface area contributed by atoms with Crippen molar-refractivity contribution in [1.29, 1.82) is 0 Å². The molecule has 1 aromatic heterocycles. The van der Waals surface area contributed by atoms with Crippen molar-refractivity contribution >= 4 is 29.6 Å². The Morgan fingerprint density at radius 1 is 1.06 bits per heavy atom. The lowest BCUT2D eigenvalue weighted by molar-refractivity contribution is -0.123. The lowest BCUT2D eigenvalue weighted by Gasteiger charge is -2.12. The zero-order chi connectivity index (χ0) is 22.1. The molecule has 0 aliphatic carbocycles. The summed E-state index contributed by atoms with van der Waals surface area (Å²) in [5.41, 5.74) is 3.19. The lowest BCUT2D eigenvalue weighted by Crippen LogP contribution is -2.30. The van der Waals surface area contributed by atoms with Gasteiger partial charge in [-0.3, -0.25) is 19.6 Å². The van der Waals surface area contributed by atoms with E-state index in [0.717, 1.165) is 16.0 Å². The van der Waals surface area contributed by atoms with Crippen LogP contribution >= 0.6 is 11.6 Å². The van der Waals surface area contributed by atoms with Gasteiger partial charge in [0.1, 0.15) is 5.70 Å². The molecule has 0 radical (unpaired) electrons. The van der Waals surface area contributed by atoms with Gasteiger partial charge in [0.25, 0.3) is 11.5 Å². The van der Waals surface area contributed by atoms with E-state index in [1.807, 2.05) is 38.1 Å². The molecule has 2 aromatic carbocycles. The Hall–Kier alpha value is -3.58. The van der Waals surface area contributed by atoms with Crippen molar-refractivity contribution < 1.29 is 9.59 Å². The van der Waals surface area contributed by atoms with Crippen molar-refractivity contribution in [2.24, 2.45) is 0 Å². The highest BCUT2D eigenvalue weighted by atomic mass is 35.5. The molecule has 4 rings (SSSR count). The number of hydrogen-bond donors (Lipinski definition) is 2. The van der Waals surface area contributed by atoms with Gasteiger partial charge >= 0.3 is 6.03 Å². The van der Waals surface area contributed by atoms with Crippen molar-refractivity contribution in [3.05, 3.63) is 92.0 Å². The average molecular weight is 437 g/mol. The maximum Gasteiger partial charge on any atom is 0.329 e. The van der Waals surface area contributed by atoms with E-state index >= 15 is 0 Å². The Morgan fingerprint density at radius 2 is 1.84 bits per heavy atom. The number of nitrogens with one attached hydrogen (secondary N) is 2. The van der Waals surface area contributed by atoms with Crippen LogP contribution in [0.5, 0.6) is 0 Å². The molecule has 31 heavy (non-hydrogen) atoms. The molecule has 7 nitrogen and oxygen atoms in total. The third kappa shape index (κ3) is 4.04. The Bertz CT molecular complexity index is 1270. The number of amides is 3. The van der Waals surface area contributed by atoms with Crippen molar-refractivity contribution in [3.63, 3.8) is 0 Å². The van der Waals surface area contributed by atoms with E-state index in [2.05, 4.69) is 10.4 Å². The summed E-state index contributed by atoms with van der Waals surface area (Å²) >= 11 is 6.05. The SMILES string of the molecule is CCc1[nH]n(-c2cccc(Cl)c2)c(=O)c1C=C1NC(=O)N(Cc2cccc(C)c2)C1=O. The number of hydrogen-bond acceptors (Lipinski definition) is 3. The summed E-state index contributed by atoms with van der Waals surface area (Å²) < 4.78 is 1.38. The van der Waals surface area contributed by atoms with Gasteiger partial charge in [-0.2, -0.15) is 0 Å². The van der Waals surface area contributed by atoms with Gasteiger partial charge < -0.3 is 5.32 Å². The third-order valence-electron chi connectivity index (χ3n) is 5.10. The van der Waals surface area contributed by atoms with E-state index in [4.69, 9.17) is 11.6 Å². The minimum Gasteiger partial charge on any atom is -0.303 e. The average Bonchev–Trinajstić information content (AvgIpc) is 3.19. The molecule has 0 unspecified atom stereocenters. The molecule has 158 valence electrons. The van der Waals surface area contributed by atoms with Crippen LogP contribution in [0.2, 0.25) is 5.02 Å². The monoisotopic (exact) mass is 436 g/mol. The second-order valence-corrected chi connectivity index (χ2v) is 7.78. The van der Waals surface area contributed by atoms with E-state index < -0.39 is 11.9 Å². The van der Waals surface area contributed by atoms with E-state index in [1.165, 1.54) is 10.8 Å². The highest BCUT2D eigenvalue weighted by Gasteiger charge is 2.34. The first-order valence-corrected chi connectivity index (χ1v) is 10.2. The number of benzene rings is 2. The molecule has 0 spiro atoms. The first-order chi connectivity index (χ1) is 14.9. The molecule has 2 N–H and O–H groups in total. The van der Waals surface area contributed by atoms with Crippen LogP contribution in [0.25, 0.3) is 11.8 Å². The first kappa shape index (κ1) is 20.7. The molecule has 0 atom stereocenters. The fraction of sp³-hybridized carbons (Fsp3) is 0.174. The second-order valence-electron chi connectivity index (χ2n) is 7.35. The van der Waals surface area contributed by atoms with Gasteiger partial charge in [0.05, 0.1) is 17.8 Å². The Labute approximate surface area is 183 Å². The van der Waals surface area contributed by atoms with Crippen LogP contribution in [0, 0.1) is 6.92 Å². The largest absolute Gasteiger partial charge is 0.329 e. The van der Waals surface area contributed by atoms with E-state index in [0.29, 0.717) is 28.4 Å². The van der Waals surface area contributed by atoms with Gasteiger partial charge in [-0.15, -0.1) is 0 Å². The number of nitrogens with zero attached hydrogens (tertiary/aromatic N) is 2. The van der Waals surface area contributed by atoms with Crippen LogP contribution in [0.15, 0.2) is 59.0 Å². The molecule has 3 aromatic rings. The predicted octanol–water partition coefficient (Wildman–Crippen LogP) is 3.78. The van der Waals surface area contributed by atoms with Crippen molar-refractivity contribution in [2.75, 3.05) is 0 Å².